The standard InChI is InChI=1S/C21H42O3.C4H8O2/c1-2-3-4-5-6-7-8-9-10-11-12-13-14-15-16-17-18-21(23)24-20-19-22;5-4-1-2-6-3-4/h22H,2-20H2,1H3;4-5H,1-3H2. The topological polar surface area (TPSA) is 76.0 Å². The maximum absolute atomic E-state index is 11.2. The van der Waals surface area contributed by atoms with E-state index in [0.717, 1.165) is 25.9 Å². The highest BCUT2D eigenvalue weighted by atomic mass is 16.5. The van der Waals surface area contributed by atoms with Crippen LogP contribution in [0.3, 0.4) is 0 Å². The van der Waals surface area contributed by atoms with E-state index < -0.39 is 0 Å². The van der Waals surface area contributed by atoms with E-state index in [1.165, 1.54) is 89.9 Å². The number of hydrogen-bond donors (Lipinski definition) is 2. The molecule has 0 aromatic carbocycles. The quantitative estimate of drug-likeness (QED) is 0.196. The molecule has 0 radical (unpaired) electrons. The normalized spacial score (nSPS) is 15.6. The van der Waals surface area contributed by atoms with Gasteiger partial charge >= 0.3 is 5.97 Å². The smallest absolute Gasteiger partial charge is 0.305 e. The Morgan fingerprint density at radius 2 is 1.30 bits per heavy atom. The highest BCUT2D eigenvalue weighted by molar-refractivity contribution is 5.69. The van der Waals surface area contributed by atoms with Crippen LogP contribution in [-0.2, 0) is 14.3 Å². The lowest BCUT2D eigenvalue weighted by Gasteiger charge is -2.04. The molecule has 30 heavy (non-hydrogen) atoms. The molecule has 180 valence electrons. The van der Waals surface area contributed by atoms with Crippen LogP contribution in [0.1, 0.15) is 122 Å². The molecule has 1 aliphatic heterocycles. The fourth-order valence-corrected chi connectivity index (χ4v) is 3.57. The monoisotopic (exact) mass is 430 g/mol. The summed E-state index contributed by atoms with van der Waals surface area (Å²) < 4.78 is 9.63. The minimum Gasteiger partial charge on any atom is -0.463 e. The molecule has 0 aromatic heterocycles. The lowest BCUT2D eigenvalue weighted by atomic mass is 10.0. The largest absolute Gasteiger partial charge is 0.463 e. The Morgan fingerprint density at radius 1 is 0.833 bits per heavy atom. The predicted octanol–water partition coefficient (Wildman–Crippen LogP) is 5.94. The van der Waals surface area contributed by atoms with Gasteiger partial charge in [0.1, 0.15) is 6.61 Å². The molecule has 1 fully saturated rings. The van der Waals surface area contributed by atoms with E-state index >= 15 is 0 Å². The van der Waals surface area contributed by atoms with E-state index in [-0.39, 0.29) is 25.3 Å². The van der Waals surface area contributed by atoms with E-state index in [2.05, 4.69) is 6.92 Å². The Bertz CT molecular complexity index is 342. The summed E-state index contributed by atoms with van der Waals surface area (Å²) in [6, 6.07) is 0. The van der Waals surface area contributed by atoms with Crippen LogP contribution >= 0.6 is 0 Å². The van der Waals surface area contributed by atoms with Crippen LogP contribution in [0, 0.1) is 0 Å². The van der Waals surface area contributed by atoms with E-state index in [1.54, 1.807) is 0 Å². The minimum atomic E-state index is -0.176. The number of ether oxygens (including phenoxy) is 2. The molecule has 1 rings (SSSR count). The van der Waals surface area contributed by atoms with E-state index in [0.29, 0.717) is 13.0 Å². The van der Waals surface area contributed by atoms with Crippen molar-refractivity contribution in [3.05, 3.63) is 0 Å². The number of esters is 1. The van der Waals surface area contributed by atoms with Gasteiger partial charge in [0.2, 0.25) is 0 Å². The SMILES string of the molecule is CCCCCCCCCCCCCCCCCCC(=O)OCCO.OC1CCOC1. The number of unbranched alkanes of at least 4 members (excludes halogenated alkanes) is 15. The first-order chi connectivity index (χ1) is 14.7. The third-order valence-corrected chi connectivity index (χ3v) is 5.49. The van der Waals surface area contributed by atoms with Crippen molar-refractivity contribution in [3.8, 4) is 0 Å². The molecule has 0 spiro atoms. The second kappa shape index (κ2) is 24.6. The molecule has 5 heteroatoms. The number of carbonyl (C=O) groups excluding carboxylic acids is 1. The molecule has 0 aliphatic carbocycles. The number of rotatable bonds is 19. The molecular weight excluding hydrogens is 380 g/mol. The van der Waals surface area contributed by atoms with Gasteiger partial charge < -0.3 is 19.7 Å². The molecule has 0 amide bonds. The van der Waals surface area contributed by atoms with Gasteiger partial charge in [0, 0.05) is 13.0 Å². The van der Waals surface area contributed by atoms with E-state index in [9.17, 15) is 4.79 Å². The van der Waals surface area contributed by atoms with Crippen molar-refractivity contribution in [2.45, 2.75) is 129 Å². The summed E-state index contributed by atoms with van der Waals surface area (Å²) in [6.45, 7) is 3.61. The van der Waals surface area contributed by atoms with Crippen LogP contribution < -0.4 is 0 Å². The number of aliphatic hydroxyl groups excluding tert-OH is 2. The van der Waals surface area contributed by atoms with Gasteiger partial charge in [-0.25, -0.2) is 0 Å². The molecule has 1 heterocycles. The third kappa shape index (κ3) is 23.6. The van der Waals surface area contributed by atoms with Crippen LogP contribution in [0.4, 0.5) is 0 Å². The Balaban J connectivity index is 0.00000118. The zero-order valence-electron chi connectivity index (χ0n) is 19.8. The van der Waals surface area contributed by atoms with Crippen molar-refractivity contribution in [2.75, 3.05) is 26.4 Å². The van der Waals surface area contributed by atoms with E-state index in [4.69, 9.17) is 19.7 Å². The highest BCUT2D eigenvalue weighted by Crippen LogP contribution is 2.14. The zero-order valence-corrected chi connectivity index (χ0v) is 19.8. The van der Waals surface area contributed by atoms with Crippen molar-refractivity contribution in [3.63, 3.8) is 0 Å². The molecule has 0 aromatic rings. The molecular formula is C25H50O5. The zero-order chi connectivity index (χ0) is 22.1. The number of aliphatic hydroxyl groups is 2. The Hall–Kier alpha value is -0.650. The first-order valence-electron chi connectivity index (χ1n) is 12.7. The van der Waals surface area contributed by atoms with Crippen LogP contribution in [0.2, 0.25) is 0 Å². The summed E-state index contributed by atoms with van der Waals surface area (Å²) in [5.74, 6) is -0.172. The van der Waals surface area contributed by atoms with Gasteiger partial charge in [-0.05, 0) is 12.8 Å². The average Bonchev–Trinajstić information content (AvgIpc) is 3.23. The van der Waals surface area contributed by atoms with Crippen LogP contribution in [0.15, 0.2) is 0 Å². The van der Waals surface area contributed by atoms with Gasteiger partial charge in [0.05, 0.1) is 19.3 Å². The number of hydrogen-bond acceptors (Lipinski definition) is 5. The molecule has 0 saturated carbocycles. The van der Waals surface area contributed by atoms with E-state index in [1.807, 2.05) is 0 Å². The van der Waals surface area contributed by atoms with Gasteiger partial charge in [-0.1, -0.05) is 103 Å². The van der Waals surface area contributed by atoms with Crippen molar-refractivity contribution in [1.82, 2.24) is 0 Å². The van der Waals surface area contributed by atoms with Crippen LogP contribution in [-0.4, -0.2) is 48.7 Å². The fraction of sp³-hybridized carbons (Fsp3) is 0.960. The summed E-state index contributed by atoms with van der Waals surface area (Å²) in [6.07, 6.45) is 22.6. The molecule has 0 bridgehead atoms. The summed E-state index contributed by atoms with van der Waals surface area (Å²) >= 11 is 0. The molecule has 1 saturated heterocycles. The maximum Gasteiger partial charge on any atom is 0.305 e. The predicted molar refractivity (Wildman–Crippen MR) is 124 cm³/mol. The summed E-state index contributed by atoms with van der Waals surface area (Å²) in [5, 5.41) is 17.2. The molecule has 2 N–H and O–H groups in total. The molecule has 5 nitrogen and oxygen atoms in total. The van der Waals surface area contributed by atoms with Gasteiger partial charge in [-0.2, -0.15) is 0 Å². The Labute approximate surface area is 185 Å². The minimum absolute atomic E-state index is 0.0787. The second-order valence-electron chi connectivity index (χ2n) is 8.51. The molecule has 1 atom stereocenters. The van der Waals surface area contributed by atoms with Crippen molar-refractivity contribution < 1.29 is 24.5 Å². The summed E-state index contributed by atoms with van der Waals surface area (Å²) in [5.41, 5.74) is 0. The van der Waals surface area contributed by atoms with Crippen molar-refractivity contribution in [2.24, 2.45) is 0 Å². The first-order valence-corrected chi connectivity index (χ1v) is 12.7. The third-order valence-electron chi connectivity index (χ3n) is 5.49. The first kappa shape index (κ1) is 29.4. The van der Waals surface area contributed by atoms with Gasteiger partial charge in [-0.3, -0.25) is 4.79 Å². The highest BCUT2D eigenvalue weighted by Gasteiger charge is 2.09. The van der Waals surface area contributed by atoms with Gasteiger partial charge in [0.25, 0.3) is 0 Å². The Kier molecular flexibility index (Phi) is 24.1. The Morgan fingerprint density at radius 3 is 1.63 bits per heavy atom. The van der Waals surface area contributed by atoms with Crippen molar-refractivity contribution in [1.29, 1.82) is 0 Å². The van der Waals surface area contributed by atoms with Crippen LogP contribution in [0.25, 0.3) is 0 Å². The summed E-state index contributed by atoms with van der Waals surface area (Å²) in [4.78, 5) is 11.2. The average molecular weight is 431 g/mol. The lowest BCUT2D eigenvalue weighted by molar-refractivity contribution is -0.144. The van der Waals surface area contributed by atoms with Crippen LogP contribution in [0.5, 0.6) is 0 Å². The summed E-state index contributed by atoms with van der Waals surface area (Å²) in [7, 11) is 0. The second-order valence-corrected chi connectivity index (χ2v) is 8.51. The molecule has 1 unspecified atom stereocenters. The van der Waals surface area contributed by atoms with Gasteiger partial charge in [0.15, 0.2) is 0 Å². The van der Waals surface area contributed by atoms with Gasteiger partial charge in [-0.15, -0.1) is 0 Å². The number of carbonyl (C=O) groups is 1. The fourth-order valence-electron chi connectivity index (χ4n) is 3.57. The van der Waals surface area contributed by atoms with Crippen molar-refractivity contribution >= 4 is 5.97 Å². The lowest BCUT2D eigenvalue weighted by Crippen LogP contribution is -2.07. The molecule has 1 aliphatic rings. The maximum atomic E-state index is 11.2.